The maximum Gasteiger partial charge on any atom is 0.222 e. The van der Waals surface area contributed by atoms with Gasteiger partial charge in [-0.25, -0.2) is 4.98 Å². The normalized spacial score (nSPS) is 17.9. The topological polar surface area (TPSA) is 64.2 Å². The van der Waals surface area contributed by atoms with Gasteiger partial charge in [0.25, 0.3) is 0 Å². The first kappa shape index (κ1) is 15.8. The van der Waals surface area contributed by atoms with Gasteiger partial charge in [-0.3, -0.25) is 4.79 Å². The van der Waals surface area contributed by atoms with Crippen molar-refractivity contribution in [3.63, 3.8) is 0 Å². The standard InChI is InChI=1S/C17H24N4O2/c1-11-9-20(4)17(18-11)14-7-8-21(10-14)16(22)6-5-15-12(2)19-23-13(15)3/h9,14H,5-8,10H2,1-4H3. The zero-order valence-corrected chi connectivity index (χ0v) is 14.3. The summed E-state index contributed by atoms with van der Waals surface area (Å²) in [5.41, 5.74) is 2.98. The van der Waals surface area contributed by atoms with Gasteiger partial charge in [0.2, 0.25) is 5.91 Å². The molecule has 0 spiro atoms. The lowest BCUT2D eigenvalue weighted by atomic mass is 10.1. The molecule has 1 amide bonds. The van der Waals surface area contributed by atoms with Crippen molar-refractivity contribution in [2.75, 3.05) is 13.1 Å². The number of aryl methyl sites for hydroxylation is 4. The number of carbonyl (C=O) groups is 1. The van der Waals surface area contributed by atoms with Crippen LogP contribution in [0.5, 0.6) is 0 Å². The summed E-state index contributed by atoms with van der Waals surface area (Å²) < 4.78 is 7.24. The Morgan fingerprint density at radius 2 is 2.17 bits per heavy atom. The number of imidazole rings is 1. The molecular formula is C17H24N4O2. The SMILES string of the molecule is Cc1cn(C)c(C2CCN(C(=O)CCc3c(C)noc3C)C2)n1. The molecule has 1 saturated heterocycles. The van der Waals surface area contributed by atoms with E-state index in [0.717, 1.165) is 48.0 Å². The fourth-order valence-corrected chi connectivity index (χ4v) is 3.46. The average Bonchev–Trinajstić information content (AvgIpc) is 3.18. The van der Waals surface area contributed by atoms with E-state index >= 15 is 0 Å². The van der Waals surface area contributed by atoms with Crippen LogP contribution in [-0.2, 0) is 18.3 Å². The van der Waals surface area contributed by atoms with Crippen LogP contribution < -0.4 is 0 Å². The lowest BCUT2D eigenvalue weighted by Gasteiger charge is -2.16. The van der Waals surface area contributed by atoms with Crippen molar-refractivity contribution in [1.29, 1.82) is 0 Å². The smallest absolute Gasteiger partial charge is 0.222 e. The third-order valence-corrected chi connectivity index (χ3v) is 4.71. The molecule has 3 rings (SSSR count). The molecule has 1 fully saturated rings. The van der Waals surface area contributed by atoms with Gasteiger partial charge in [-0.2, -0.15) is 0 Å². The lowest BCUT2D eigenvalue weighted by Crippen LogP contribution is -2.29. The Bertz CT molecular complexity index is 697. The number of aromatic nitrogens is 3. The molecule has 6 heteroatoms. The van der Waals surface area contributed by atoms with Gasteiger partial charge in [0.15, 0.2) is 0 Å². The Balaban J connectivity index is 1.58. The van der Waals surface area contributed by atoms with Crippen LogP contribution in [0, 0.1) is 20.8 Å². The Labute approximate surface area is 136 Å². The quantitative estimate of drug-likeness (QED) is 0.868. The highest BCUT2D eigenvalue weighted by Crippen LogP contribution is 2.27. The summed E-state index contributed by atoms with van der Waals surface area (Å²) in [6.07, 6.45) is 4.23. The minimum absolute atomic E-state index is 0.207. The van der Waals surface area contributed by atoms with Crippen molar-refractivity contribution >= 4 is 5.91 Å². The molecule has 0 N–H and O–H groups in total. The van der Waals surface area contributed by atoms with Gasteiger partial charge < -0.3 is 14.0 Å². The number of rotatable bonds is 4. The van der Waals surface area contributed by atoms with Gasteiger partial charge >= 0.3 is 0 Å². The second kappa shape index (κ2) is 6.18. The molecule has 6 nitrogen and oxygen atoms in total. The van der Waals surface area contributed by atoms with Crippen molar-refractivity contribution < 1.29 is 9.32 Å². The second-order valence-electron chi connectivity index (χ2n) is 6.48. The second-order valence-corrected chi connectivity index (χ2v) is 6.48. The maximum atomic E-state index is 12.5. The molecule has 1 aliphatic rings. The zero-order valence-electron chi connectivity index (χ0n) is 14.3. The molecule has 23 heavy (non-hydrogen) atoms. The van der Waals surface area contributed by atoms with Crippen molar-refractivity contribution in [1.82, 2.24) is 19.6 Å². The van der Waals surface area contributed by atoms with Crippen LogP contribution in [0.2, 0.25) is 0 Å². The van der Waals surface area contributed by atoms with Crippen LogP contribution in [0.25, 0.3) is 0 Å². The third-order valence-electron chi connectivity index (χ3n) is 4.71. The summed E-state index contributed by atoms with van der Waals surface area (Å²) in [4.78, 5) is 19.0. The summed E-state index contributed by atoms with van der Waals surface area (Å²) in [7, 11) is 2.03. The summed E-state index contributed by atoms with van der Waals surface area (Å²) >= 11 is 0. The average molecular weight is 316 g/mol. The molecule has 0 bridgehead atoms. The van der Waals surface area contributed by atoms with E-state index in [1.165, 1.54) is 0 Å². The van der Waals surface area contributed by atoms with E-state index in [1.807, 2.05) is 38.9 Å². The fourth-order valence-electron chi connectivity index (χ4n) is 3.46. The van der Waals surface area contributed by atoms with E-state index in [-0.39, 0.29) is 5.91 Å². The molecular weight excluding hydrogens is 292 g/mol. The first-order chi connectivity index (χ1) is 11.0. The van der Waals surface area contributed by atoms with Gasteiger partial charge in [0, 0.05) is 44.2 Å². The molecule has 3 heterocycles. The molecule has 0 aromatic carbocycles. The molecule has 1 atom stereocenters. The van der Waals surface area contributed by atoms with Crippen LogP contribution in [0.15, 0.2) is 10.7 Å². The number of likely N-dealkylation sites (tertiary alicyclic amines) is 1. The Morgan fingerprint density at radius 3 is 2.78 bits per heavy atom. The van der Waals surface area contributed by atoms with E-state index in [2.05, 4.69) is 14.7 Å². The molecule has 0 saturated carbocycles. The van der Waals surface area contributed by atoms with Gasteiger partial charge in [-0.05, 0) is 33.6 Å². The Kier molecular flexibility index (Phi) is 4.24. The largest absolute Gasteiger partial charge is 0.361 e. The number of hydrogen-bond donors (Lipinski definition) is 0. The van der Waals surface area contributed by atoms with Gasteiger partial charge in [0.05, 0.1) is 11.4 Å². The van der Waals surface area contributed by atoms with Crippen LogP contribution in [0.1, 0.15) is 47.3 Å². The van der Waals surface area contributed by atoms with Crippen LogP contribution in [0.3, 0.4) is 0 Å². The highest BCUT2D eigenvalue weighted by atomic mass is 16.5. The predicted octanol–water partition coefficient (Wildman–Crippen LogP) is 2.28. The third kappa shape index (κ3) is 3.16. The van der Waals surface area contributed by atoms with Gasteiger partial charge in [0.1, 0.15) is 11.6 Å². The lowest BCUT2D eigenvalue weighted by molar-refractivity contribution is -0.130. The monoisotopic (exact) mass is 316 g/mol. The van der Waals surface area contributed by atoms with Crippen molar-refractivity contribution in [3.05, 3.63) is 34.7 Å². The summed E-state index contributed by atoms with van der Waals surface area (Å²) in [5, 5.41) is 3.94. The summed E-state index contributed by atoms with van der Waals surface area (Å²) in [5.74, 6) is 2.46. The van der Waals surface area contributed by atoms with Crippen molar-refractivity contribution in [2.24, 2.45) is 7.05 Å². The van der Waals surface area contributed by atoms with Gasteiger partial charge in [-0.15, -0.1) is 0 Å². The molecule has 0 aliphatic carbocycles. The minimum Gasteiger partial charge on any atom is -0.361 e. The van der Waals surface area contributed by atoms with E-state index < -0.39 is 0 Å². The van der Waals surface area contributed by atoms with E-state index in [4.69, 9.17) is 4.52 Å². The molecule has 1 aliphatic heterocycles. The molecule has 2 aromatic heterocycles. The molecule has 124 valence electrons. The predicted molar refractivity (Wildman–Crippen MR) is 86.2 cm³/mol. The van der Waals surface area contributed by atoms with E-state index in [0.29, 0.717) is 18.8 Å². The Hall–Kier alpha value is -2.11. The number of amides is 1. The highest BCUT2D eigenvalue weighted by Gasteiger charge is 2.29. The van der Waals surface area contributed by atoms with E-state index in [1.54, 1.807) is 0 Å². The first-order valence-electron chi connectivity index (χ1n) is 8.15. The number of nitrogens with zero attached hydrogens (tertiary/aromatic N) is 4. The molecule has 2 aromatic rings. The van der Waals surface area contributed by atoms with Crippen LogP contribution >= 0.6 is 0 Å². The van der Waals surface area contributed by atoms with Crippen LogP contribution in [0.4, 0.5) is 0 Å². The van der Waals surface area contributed by atoms with Crippen molar-refractivity contribution in [3.8, 4) is 0 Å². The Morgan fingerprint density at radius 1 is 1.39 bits per heavy atom. The highest BCUT2D eigenvalue weighted by molar-refractivity contribution is 5.77. The summed E-state index contributed by atoms with van der Waals surface area (Å²) in [6.45, 7) is 7.41. The van der Waals surface area contributed by atoms with Crippen LogP contribution in [-0.4, -0.2) is 38.6 Å². The fraction of sp³-hybridized carbons (Fsp3) is 0.588. The molecule has 0 radical (unpaired) electrons. The van der Waals surface area contributed by atoms with Crippen molar-refractivity contribution in [2.45, 2.75) is 46.0 Å². The van der Waals surface area contributed by atoms with E-state index in [9.17, 15) is 4.79 Å². The zero-order chi connectivity index (χ0) is 16.6. The number of carbonyl (C=O) groups excluding carboxylic acids is 1. The molecule has 1 unspecified atom stereocenters. The van der Waals surface area contributed by atoms with Gasteiger partial charge in [-0.1, -0.05) is 5.16 Å². The number of hydrogen-bond acceptors (Lipinski definition) is 4. The maximum absolute atomic E-state index is 12.5. The minimum atomic E-state index is 0.207. The first-order valence-corrected chi connectivity index (χ1v) is 8.15. The summed E-state index contributed by atoms with van der Waals surface area (Å²) in [6, 6.07) is 0.